The minimum absolute atomic E-state index is 0.140. The van der Waals surface area contributed by atoms with E-state index in [0.29, 0.717) is 0 Å². The molecule has 0 heterocycles. The first-order valence-electron chi connectivity index (χ1n) is 6.30. The van der Waals surface area contributed by atoms with Gasteiger partial charge in [0.2, 0.25) is 0 Å². The Morgan fingerprint density at radius 3 is 2.27 bits per heavy atom. The molecule has 0 aromatic rings. The second-order valence-electron chi connectivity index (χ2n) is 4.74. The molecule has 0 fully saturated rings. The highest BCUT2D eigenvalue weighted by Gasteiger charge is 2.24. The van der Waals surface area contributed by atoms with E-state index < -0.39 is 0 Å². The van der Waals surface area contributed by atoms with Crippen molar-refractivity contribution in [1.29, 1.82) is 0 Å². The maximum absolute atomic E-state index is 11.1. The molecule has 0 aliphatic rings. The van der Waals surface area contributed by atoms with E-state index in [-0.39, 0.29) is 5.41 Å². The Hall–Kier alpha value is -0.370. The molecule has 0 bridgehead atoms. The SMILES string of the molecule is CCCCN(CC)CC(C)(C=O)CCC. The lowest BCUT2D eigenvalue weighted by atomic mass is 9.86. The molecule has 90 valence electrons. The molecular weight excluding hydrogens is 186 g/mol. The Kier molecular flexibility index (Phi) is 7.67. The molecule has 0 saturated heterocycles. The third-order valence-electron chi connectivity index (χ3n) is 2.97. The fraction of sp³-hybridized carbons (Fsp3) is 0.923. The first kappa shape index (κ1) is 14.6. The molecule has 0 aromatic heterocycles. The highest BCUT2D eigenvalue weighted by atomic mass is 16.1. The number of hydrogen-bond donors (Lipinski definition) is 0. The molecule has 0 spiro atoms. The summed E-state index contributed by atoms with van der Waals surface area (Å²) in [4.78, 5) is 13.5. The van der Waals surface area contributed by atoms with Crippen LogP contribution in [-0.4, -0.2) is 30.8 Å². The zero-order valence-corrected chi connectivity index (χ0v) is 10.9. The molecule has 15 heavy (non-hydrogen) atoms. The average Bonchev–Trinajstić information content (AvgIpc) is 2.24. The lowest BCUT2D eigenvalue weighted by molar-refractivity contribution is -0.116. The Balaban J connectivity index is 4.15. The summed E-state index contributed by atoms with van der Waals surface area (Å²) in [5.74, 6) is 0. The van der Waals surface area contributed by atoms with Crippen molar-refractivity contribution in [1.82, 2.24) is 4.90 Å². The Labute approximate surface area is 95.0 Å². The standard InChI is InChI=1S/C13H27NO/c1-5-8-10-14(7-3)11-13(4,12-15)9-6-2/h12H,5-11H2,1-4H3. The monoisotopic (exact) mass is 213 g/mol. The highest BCUT2D eigenvalue weighted by Crippen LogP contribution is 2.21. The van der Waals surface area contributed by atoms with Crippen LogP contribution in [0.25, 0.3) is 0 Å². The molecule has 0 aliphatic heterocycles. The van der Waals surface area contributed by atoms with Gasteiger partial charge in [-0.25, -0.2) is 0 Å². The van der Waals surface area contributed by atoms with Crippen LogP contribution in [-0.2, 0) is 4.79 Å². The maximum atomic E-state index is 11.1. The van der Waals surface area contributed by atoms with Crippen molar-refractivity contribution in [2.45, 2.75) is 53.4 Å². The molecule has 0 amide bonds. The molecule has 0 aromatic carbocycles. The topological polar surface area (TPSA) is 20.3 Å². The second-order valence-corrected chi connectivity index (χ2v) is 4.74. The highest BCUT2D eigenvalue weighted by molar-refractivity contribution is 5.58. The van der Waals surface area contributed by atoms with Gasteiger partial charge >= 0.3 is 0 Å². The third kappa shape index (κ3) is 5.93. The number of nitrogens with zero attached hydrogens (tertiary/aromatic N) is 1. The van der Waals surface area contributed by atoms with Gasteiger partial charge in [-0.1, -0.05) is 40.5 Å². The first-order chi connectivity index (χ1) is 7.11. The van der Waals surface area contributed by atoms with Gasteiger partial charge in [0.1, 0.15) is 6.29 Å². The summed E-state index contributed by atoms with van der Waals surface area (Å²) >= 11 is 0. The molecule has 2 nitrogen and oxygen atoms in total. The van der Waals surface area contributed by atoms with E-state index in [0.717, 1.165) is 38.8 Å². The minimum Gasteiger partial charge on any atom is -0.303 e. The molecule has 0 saturated carbocycles. The van der Waals surface area contributed by atoms with Crippen LogP contribution in [0.15, 0.2) is 0 Å². The quantitative estimate of drug-likeness (QED) is 0.548. The van der Waals surface area contributed by atoms with Gasteiger partial charge in [0.25, 0.3) is 0 Å². The summed E-state index contributed by atoms with van der Waals surface area (Å²) in [5, 5.41) is 0. The van der Waals surface area contributed by atoms with Crippen LogP contribution in [0.3, 0.4) is 0 Å². The van der Waals surface area contributed by atoms with E-state index in [1.165, 1.54) is 12.8 Å². The van der Waals surface area contributed by atoms with E-state index in [1.54, 1.807) is 0 Å². The van der Waals surface area contributed by atoms with Crippen molar-refractivity contribution in [3.05, 3.63) is 0 Å². The van der Waals surface area contributed by atoms with Crippen LogP contribution in [0.1, 0.15) is 53.4 Å². The van der Waals surface area contributed by atoms with Crippen molar-refractivity contribution in [3.63, 3.8) is 0 Å². The van der Waals surface area contributed by atoms with Crippen LogP contribution >= 0.6 is 0 Å². The van der Waals surface area contributed by atoms with E-state index in [2.05, 4.69) is 32.6 Å². The molecule has 0 N–H and O–H groups in total. The fourth-order valence-corrected chi connectivity index (χ4v) is 1.99. The van der Waals surface area contributed by atoms with Gasteiger partial charge in [0.05, 0.1) is 0 Å². The number of aldehydes is 1. The van der Waals surface area contributed by atoms with E-state index in [9.17, 15) is 4.79 Å². The van der Waals surface area contributed by atoms with Crippen LogP contribution < -0.4 is 0 Å². The zero-order chi connectivity index (χ0) is 11.7. The summed E-state index contributed by atoms with van der Waals surface area (Å²) in [7, 11) is 0. The summed E-state index contributed by atoms with van der Waals surface area (Å²) in [6, 6.07) is 0. The lowest BCUT2D eigenvalue weighted by Gasteiger charge is -2.30. The lowest BCUT2D eigenvalue weighted by Crippen LogP contribution is -2.37. The first-order valence-corrected chi connectivity index (χ1v) is 6.30. The molecule has 0 aliphatic carbocycles. The largest absolute Gasteiger partial charge is 0.303 e. The van der Waals surface area contributed by atoms with E-state index in [4.69, 9.17) is 0 Å². The molecule has 0 radical (unpaired) electrons. The van der Waals surface area contributed by atoms with Crippen molar-refractivity contribution in [3.8, 4) is 0 Å². The number of carbonyl (C=O) groups excluding carboxylic acids is 1. The van der Waals surface area contributed by atoms with Crippen LogP contribution in [0.5, 0.6) is 0 Å². The van der Waals surface area contributed by atoms with Crippen molar-refractivity contribution in [2.24, 2.45) is 5.41 Å². The predicted octanol–water partition coefficient (Wildman–Crippen LogP) is 3.11. The molecule has 0 rings (SSSR count). The van der Waals surface area contributed by atoms with E-state index >= 15 is 0 Å². The van der Waals surface area contributed by atoms with Gasteiger partial charge < -0.3 is 9.69 Å². The summed E-state index contributed by atoms with van der Waals surface area (Å²) < 4.78 is 0. The normalized spacial score (nSPS) is 15.3. The third-order valence-corrected chi connectivity index (χ3v) is 2.97. The molecule has 2 heteroatoms. The fourth-order valence-electron chi connectivity index (χ4n) is 1.99. The van der Waals surface area contributed by atoms with Crippen molar-refractivity contribution < 1.29 is 4.79 Å². The predicted molar refractivity (Wildman–Crippen MR) is 66.1 cm³/mol. The Bertz CT molecular complexity index is 170. The maximum Gasteiger partial charge on any atom is 0.127 e. The molecular formula is C13H27NO. The average molecular weight is 213 g/mol. The van der Waals surface area contributed by atoms with Crippen LogP contribution in [0, 0.1) is 5.41 Å². The summed E-state index contributed by atoms with van der Waals surface area (Å²) in [5.41, 5.74) is -0.140. The van der Waals surface area contributed by atoms with Crippen LogP contribution in [0.2, 0.25) is 0 Å². The zero-order valence-electron chi connectivity index (χ0n) is 10.9. The van der Waals surface area contributed by atoms with Gasteiger partial charge in [-0.3, -0.25) is 0 Å². The Morgan fingerprint density at radius 2 is 1.87 bits per heavy atom. The number of rotatable bonds is 9. The van der Waals surface area contributed by atoms with E-state index in [1.807, 2.05) is 0 Å². The summed E-state index contributed by atoms with van der Waals surface area (Å²) in [6.07, 6.45) is 5.68. The van der Waals surface area contributed by atoms with Gasteiger partial charge in [-0.05, 0) is 25.9 Å². The minimum atomic E-state index is -0.140. The van der Waals surface area contributed by atoms with Gasteiger partial charge in [-0.2, -0.15) is 0 Å². The summed E-state index contributed by atoms with van der Waals surface area (Å²) in [6.45, 7) is 11.7. The number of unbranched alkanes of at least 4 members (excludes halogenated alkanes) is 1. The Morgan fingerprint density at radius 1 is 1.20 bits per heavy atom. The molecule has 1 unspecified atom stereocenters. The van der Waals surface area contributed by atoms with Crippen LogP contribution in [0.4, 0.5) is 0 Å². The molecule has 1 atom stereocenters. The number of carbonyl (C=O) groups is 1. The second kappa shape index (κ2) is 7.86. The van der Waals surface area contributed by atoms with Crippen molar-refractivity contribution >= 4 is 6.29 Å². The van der Waals surface area contributed by atoms with Gasteiger partial charge in [-0.15, -0.1) is 0 Å². The number of hydrogen-bond acceptors (Lipinski definition) is 2. The van der Waals surface area contributed by atoms with Crippen molar-refractivity contribution in [2.75, 3.05) is 19.6 Å². The smallest absolute Gasteiger partial charge is 0.127 e. The van der Waals surface area contributed by atoms with Gasteiger partial charge in [0, 0.05) is 12.0 Å². The van der Waals surface area contributed by atoms with Gasteiger partial charge in [0.15, 0.2) is 0 Å².